The van der Waals surface area contributed by atoms with Gasteiger partial charge in [-0.25, -0.2) is 5.10 Å². The van der Waals surface area contributed by atoms with Crippen LogP contribution in [0.5, 0.6) is 0 Å². The first kappa shape index (κ1) is 11.9. The number of benzene rings is 2. The van der Waals surface area contributed by atoms with Gasteiger partial charge in [0.05, 0.1) is 11.1 Å². The highest BCUT2D eigenvalue weighted by molar-refractivity contribution is 6.30. The molecule has 0 radical (unpaired) electrons. The van der Waals surface area contributed by atoms with Crippen molar-refractivity contribution in [2.75, 3.05) is 0 Å². The van der Waals surface area contributed by atoms with Crippen molar-refractivity contribution in [1.82, 2.24) is 10.2 Å². The van der Waals surface area contributed by atoms with Crippen molar-refractivity contribution in [3.63, 3.8) is 0 Å². The predicted molar refractivity (Wildman–Crippen MR) is 76.6 cm³/mol. The van der Waals surface area contributed by atoms with Crippen molar-refractivity contribution in [1.29, 1.82) is 0 Å². The molecule has 0 amide bonds. The molecule has 4 heteroatoms. The molecule has 3 nitrogen and oxygen atoms in total. The number of hydrogen-bond acceptors (Lipinski definition) is 2. The summed E-state index contributed by atoms with van der Waals surface area (Å²) >= 11 is 5.98. The molecule has 0 aliphatic carbocycles. The molecule has 1 aromatic heterocycles. The molecule has 3 aromatic rings. The summed E-state index contributed by atoms with van der Waals surface area (Å²) in [6.45, 7) is 0. The lowest BCUT2D eigenvalue weighted by atomic mass is 10.0. The van der Waals surface area contributed by atoms with E-state index >= 15 is 0 Å². The van der Waals surface area contributed by atoms with Gasteiger partial charge in [-0.05, 0) is 23.8 Å². The van der Waals surface area contributed by atoms with Gasteiger partial charge in [0, 0.05) is 16.8 Å². The molecule has 0 aliphatic rings. The van der Waals surface area contributed by atoms with Crippen molar-refractivity contribution in [2.24, 2.45) is 0 Å². The van der Waals surface area contributed by atoms with Crippen LogP contribution in [-0.4, -0.2) is 10.2 Å². The number of rotatable bonds is 2. The van der Waals surface area contributed by atoms with Crippen LogP contribution in [0.4, 0.5) is 0 Å². The molecule has 19 heavy (non-hydrogen) atoms. The summed E-state index contributed by atoms with van der Waals surface area (Å²) in [5, 5.41) is 8.93. The minimum Gasteiger partial charge on any atom is -0.267 e. The number of aromatic amines is 1. The summed E-state index contributed by atoms with van der Waals surface area (Å²) in [7, 11) is 0. The Morgan fingerprint density at radius 2 is 1.84 bits per heavy atom. The first-order valence-electron chi connectivity index (χ1n) is 5.95. The van der Waals surface area contributed by atoms with Gasteiger partial charge in [0.15, 0.2) is 0 Å². The molecule has 0 aliphatic heterocycles. The maximum Gasteiger partial charge on any atom is 0.272 e. The topological polar surface area (TPSA) is 45.8 Å². The highest BCUT2D eigenvalue weighted by atomic mass is 35.5. The second-order valence-corrected chi connectivity index (χ2v) is 4.79. The number of nitrogens with one attached hydrogen (secondary N) is 1. The molecular weight excluding hydrogens is 260 g/mol. The summed E-state index contributed by atoms with van der Waals surface area (Å²) in [6, 6.07) is 15.1. The van der Waals surface area contributed by atoms with Gasteiger partial charge >= 0.3 is 0 Å². The molecule has 1 N–H and O–H groups in total. The average Bonchev–Trinajstić information content (AvgIpc) is 2.42. The summed E-state index contributed by atoms with van der Waals surface area (Å²) in [5.41, 5.74) is 1.75. The van der Waals surface area contributed by atoms with E-state index < -0.39 is 0 Å². The van der Waals surface area contributed by atoms with E-state index in [4.69, 9.17) is 11.6 Å². The minimum absolute atomic E-state index is 0.162. The van der Waals surface area contributed by atoms with Crippen LogP contribution in [0.25, 0.3) is 10.8 Å². The number of hydrogen-bond donors (Lipinski definition) is 1. The summed E-state index contributed by atoms with van der Waals surface area (Å²) < 4.78 is 0. The van der Waals surface area contributed by atoms with E-state index in [9.17, 15) is 4.79 Å². The third-order valence-electron chi connectivity index (χ3n) is 3.04. The molecule has 0 spiro atoms. The van der Waals surface area contributed by atoms with E-state index in [0.29, 0.717) is 16.8 Å². The molecule has 1 heterocycles. The zero-order chi connectivity index (χ0) is 13.2. The maximum atomic E-state index is 11.7. The summed E-state index contributed by atoms with van der Waals surface area (Å²) in [4.78, 5) is 11.7. The lowest BCUT2D eigenvalue weighted by molar-refractivity contribution is 0.934. The second-order valence-electron chi connectivity index (χ2n) is 4.35. The second kappa shape index (κ2) is 4.86. The Labute approximate surface area is 114 Å². The number of nitrogens with zero attached hydrogens (tertiary/aromatic N) is 1. The molecule has 2 aromatic carbocycles. The van der Waals surface area contributed by atoms with Gasteiger partial charge in [0.25, 0.3) is 5.56 Å². The van der Waals surface area contributed by atoms with Crippen LogP contribution in [0.2, 0.25) is 5.02 Å². The highest BCUT2D eigenvalue weighted by Crippen LogP contribution is 2.18. The normalized spacial score (nSPS) is 10.8. The number of H-pyrrole nitrogens is 1. The van der Waals surface area contributed by atoms with Crippen LogP contribution in [0.3, 0.4) is 0 Å². The number of halogens is 1. The fraction of sp³-hybridized carbons (Fsp3) is 0.0667. The van der Waals surface area contributed by atoms with Gasteiger partial charge in [-0.3, -0.25) is 4.79 Å². The lowest BCUT2D eigenvalue weighted by Crippen LogP contribution is -2.11. The van der Waals surface area contributed by atoms with Gasteiger partial charge in [0.2, 0.25) is 0 Å². The van der Waals surface area contributed by atoms with Crippen molar-refractivity contribution >= 4 is 22.4 Å². The third kappa shape index (κ3) is 2.37. The molecular formula is C15H11ClN2O. The monoisotopic (exact) mass is 270 g/mol. The van der Waals surface area contributed by atoms with Gasteiger partial charge in [-0.15, -0.1) is 0 Å². The minimum atomic E-state index is -0.162. The van der Waals surface area contributed by atoms with Crippen molar-refractivity contribution < 1.29 is 0 Å². The van der Waals surface area contributed by atoms with Gasteiger partial charge in [-0.2, -0.15) is 5.10 Å². The number of fused-ring (bicyclic) bond motifs is 1. The SMILES string of the molecule is O=c1[nH]nc(Cc2cccc(Cl)c2)c2ccccc12. The van der Waals surface area contributed by atoms with Gasteiger partial charge in [0.1, 0.15) is 0 Å². The standard InChI is InChI=1S/C15H11ClN2O/c16-11-5-3-4-10(8-11)9-14-12-6-1-2-7-13(12)15(19)18-17-14/h1-8H,9H2,(H,18,19). The van der Waals surface area contributed by atoms with E-state index in [-0.39, 0.29) is 5.56 Å². The van der Waals surface area contributed by atoms with Crippen LogP contribution in [0.15, 0.2) is 53.3 Å². The molecule has 0 fully saturated rings. The Hall–Kier alpha value is -2.13. The first-order chi connectivity index (χ1) is 9.24. The smallest absolute Gasteiger partial charge is 0.267 e. The third-order valence-corrected chi connectivity index (χ3v) is 3.27. The van der Waals surface area contributed by atoms with Crippen molar-refractivity contribution in [3.05, 3.63) is 75.2 Å². The van der Waals surface area contributed by atoms with Crippen LogP contribution >= 0.6 is 11.6 Å². The molecule has 0 saturated heterocycles. The van der Waals surface area contributed by atoms with E-state index in [1.165, 1.54) is 0 Å². The quantitative estimate of drug-likeness (QED) is 0.777. The maximum absolute atomic E-state index is 11.7. The predicted octanol–water partition coefficient (Wildman–Crippen LogP) is 3.17. The summed E-state index contributed by atoms with van der Waals surface area (Å²) in [5.74, 6) is 0. The zero-order valence-corrected chi connectivity index (χ0v) is 10.8. The van der Waals surface area contributed by atoms with Crippen LogP contribution in [0, 0.1) is 0 Å². The van der Waals surface area contributed by atoms with Crippen LogP contribution in [0.1, 0.15) is 11.3 Å². The summed E-state index contributed by atoms with van der Waals surface area (Å²) in [6.07, 6.45) is 0.637. The van der Waals surface area contributed by atoms with Crippen LogP contribution in [-0.2, 0) is 6.42 Å². The van der Waals surface area contributed by atoms with Crippen LogP contribution < -0.4 is 5.56 Å². The lowest BCUT2D eigenvalue weighted by Gasteiger charge is -2.05. The van der Waals surface area contributed by atoms with Crippen molar-refractivity contribution in [2.45, 2.75) is 6.42 Å². The largest absolute Gasteiger partial charge is 0.272 e. The molecule has 0 unspecified atom stereocenters. The molecule has 0 bridgehead atoms. The fourth-order valence-electron chi connectivity index (χ4n) is 2.15. The zero-order valence-electron chi connectivity index (χ0n) is 10.1. The molecule has 94 valence electrons. The fourth-order valence-corrected chi connectivity index (χ4v) is 2.36. The number of aromatic nitrogens is 2. The molecule has 0 saturated carbocycles. The Morgan fingerprint density at radius 1 is 1.05 bits per heavy atom. The van der Waals surface area contributed by atoms with E-state index in [0.717, 1.165) is 16.6 Å². The first-order valence-corrected chi connectivity index (χ1v) is 6.32. The van der Waals surface area contributed by atoms with Crippen molar-refractivity contribution in [3.8, 4) is 0 Å². The highest BCUT2D eigenvalue weighted by Gasteiger charge is 2.06. The Bertz CT molecular complexity index is 795. The van der Waals surface area contributed by atoms with E-state index in [2.05, 4.69) is 10.2 Å². The van der Waals surface area contributed by atoms with Gasteiger partial charge < -0.3 is 0 Å². The van der Waals surface area contributed by atoms with Gasteiger partial charge in [-0.1, -0.05) is 41.9 Å². The average molecular weight is 271 g/mol. The molecule has 0 atom stereocenters. The van der Waals surface area contributed by atoms with E-state index in [1.54, 1.807) is 6.07 Å². The Morgan fingerprint density at radius 3 is 2.63 bits per heavy atom. The Kier molecular flexibility index (Phi) is 3.05. The van der Waals surface area contributed by atoms with E-state index in [1.807, 2.05) is 42.5 Å². The molecule has 3 rings (SSSR count). The Balaban J connectivity index is 2.11.